The van der Waals surface area contributed by atoms with Gasteiger partial charge in [0.05, 0.1) is 11.4 Å². The fraction of sp³-hybridized carbons (Fsp3) is 0.165. The van der Waals surface area contributed by atoms with Crippen LogP contribution in [0.2, 0.25) is 0 Å². The quantitative estimate of drug-likeness (QED) is 0.0947. The lowest BCUT2D eigenvalue weighted by Gasteiger charge is -2.47. The second kappa shape index (κ2) is 29.0. The SMILES string of the molecule is Cc1ccc(-c2ccc3c(c2)B2c4ccc(N(c5ccccc5)c5ccccc5)cc4N(c4c(C5=CCCC(C6=CC=CCC6)=C5)cccc4C4CCC=C(C5=CCCC=C5)C4)c4cc(-c5ccccc5)cc(c42)N3C2=C(C3=CC=CC(C4C=CC=CC4)C3)CCC=C2c2cccc(-c3ccccc3)c2)cc1. The molecule has 10 aromatic carbocycles. The Kier molecular flexibility index (Phi) is 17.9. The molecule has 0 N–H and O–H groups in total. The van der Waals surface area contributed by atoms with Gasteiger partial charge in [-0.2, -0.15) is 0 Å². The summed E-state index contributed by atoms with van der Waals surface area (Å²) in [7, 11) is 0. The number of anilines is 8. The molecule has 2 heterocycles. The summed E-state index contributed by atoms with van der Waals surface area (Å²) in [6, 6.07) is 90.9. The van der Waals surface area contributed by atoms with Crippen molar-refractivity contribution in [2.24, 2.45) is 11.8 Å². The molecule has 7 aliphatic carbocycles. The van der Waals surface area contributed by atoms with Crippen LogP contribution in [-0.2, 0) is 0 Å². The van der Waals surface area contributed by atoms with E-state index >= 15 is 0 Å². The Morgan fingerprint density at radius 2 is 1.08 bits per heavy atom. The summed E-state index contributed by atoms with van der Waals surface area (Å²) in [5.41, 5.74) is 38.2. The number of rotatable bonds is 15. The van der Waals surface area contributed by atoms with Crippen molar-refractivity contribution >= 4 is 79.7 Å². The van der Waals surface area contributed by atoms with Gasteiger partial charge in [-0.15, -0.1) is 0 Å². The average molecular weight is 1380 g/mol. The Bertz CT molecular complexity index is 5530. The predicted molar refractivity (Wildman–Crippen MR) is 455 cm³/mol. The van der Waals surface area contributed by atoms with Crippen molar-refractivity contribution in [2.45, 2.75) is 96.3 Å². The van der Waals surface area contributed by atoms with Gasteiger partial charge in [-0.1, -0.05) is 285 Å². The molecule has 0 saturated carbocycles. The lowest BCUT2D eigenvalue weighted by atomic mass is 9.33. The Balaban J connectivity index is 0.934. The molecule has 0 radical (unpaired) electrons. The van der Waals surface area contributed by atoms with Crippen LogP contribution in [0.25, 0.3) is 44.5 Å². The Morgan fingerprint density at radius 3 is 1.84 bits per heavy atom. The van der Waals surface area contributed by atoms with Crippen LogP contribution in [0, 0.1) is 18.8 Å². The third kappa shape index (κ3) is 12.6. The molecule has 0 fully saturated rings. The summed E-state index contributed by atoms with van der Waals surface area (Å²) in [5.74, 6) is 1.02. The number of nitrogens with zero attached hydrogens (tertiary/aromatic N) is 3. The largest absolute Gasteiger partial charge is 0.311 e. The number of fused-ring (bicyclic) bond motifs is 4. The Morgan fingerprint density at radius 1 is 0.402 bits per heavy atom. The molecule has 3 unspecified atom stereocenters. The van der Waals surface area contributed by atoms with E-state index in [-0.39, 0.29) is 12.6 Å². The first kappa shape index (κ1) is 66.0. The van der Waals surface area contributed by atoms with E-state index in [4.69, 9.17) is 0 Å². The van der Waals surface area contributed by atoms with E-state index in [1.165, 1.54) is 151 Å². The normalized spacial score (nSPS) is 19.2. The number of aryl methyl sites for hydroxylation is 1. The standard InChI is InChI=1S/C103H88BN3/c1-71-55-57-77(58-56-71)82-59-62-97-96(67-82)104-95-61-60-90(105(88-47-19-7-20-48-88)89-49-21-8-22-50-89)70-98(95)107(103-93(85-45-25-41-80(65-85)74-33-13-4-14-34-74)53-28-54-94(103)86-46-26-42-81(66-86)75-35-15-5-16-36-75)100-69-87(76-37-17-6-18-38-76)68-99(101(100)104)106(97)102-91(83-43-23-39-78(63-83)72-29-9-2-10-30-72)51-27-52-92(102)84-44-24-40-79(64-84)73-31-11-3-12-32-73/h2-4,6-13,15,17-24,28-31,33,35-40,42-45,47-51,53-63,65,67-70,73,79,86H,5,14,16,25-27,32,34,41,46,52,64,66H2,1H3. The van der Waals surface area contributed by atoms with Crippen molar-refractivity contribution in [3.63, 3.8) is 0 Å². The molecule has 0 aromatic heterocycles. The second-order valence-corrected chi connectivity index (χ2v) is 30.5. The lowest BCUT2D eigenvalue weighted by Crippen LogP contribution is -2.62. The summed E-state index contributed by atoms with van der Waals surface area (Å²) in [4.78, 5) is 8.14. The molecule has 9 aliphatic rings. The highest BCUT2D eigenvalue weighted by atomic mass is 15.2. The fourth-order valence-corrected chi connectivity index (χ4v) is 18.8. The first-order valence-electron chi connectivity index (χ1n) is 39.4. The minimum atomic E-state index is -0.200. The van der Waals surface area contributed by atoms with Gasteiger partial charge in [0.25, 0.3) is 6.71 Å². The maximum atomic E-state index is 2.84. The van der Waals surface area contributed by atoms with Gasteiger partial charge >= 0.3 is 0 Å². The van der Waals surface area contributed by atoms with E-state index in [2.05, 4.69) is 362 Å². The smallest absolute Gasteiger partial charge is 0.252 e. The first-order chi connectivity index (χ1) is 53.0. The van der Waals surface area contributed by atoms with Gasteiger partial charge < -0.3 is 14.7 Å². The first-order valence-corrected chi connectivity index (χ1v) is 39.4. The van der Waals surface area contributed by atoms with Gasteiger partial charge in [-0.25, -0.2) is 0 Å². The molecule has 0 spiro atoms. The van der Waals surface area contributed by atoms with Gasteiger partial charge in [-0.3, -0.25) is 0 Å². The number of hydrogen-bond acceptors (Lipinski definition) is 3. The zero-order valence-corrected chi connectivity index (χ0v) is 61.2. The van der Waals surface area contributed by atoms with Gasteiger partial charge in [0, 0.05) is 50.9 Å². The number of para-hydroxylation sites is 3. The molecule has 2 aliphatic heterocycles. The highest BCUT2D eigenvalue weighted by Gasteiger charge is 2.47. The maximum Gasteiger partial charge on any atom is 0.252 e. The predicted octanol–water partition coefficient (Wildman–Crippen LogP) is 25.8. The van der Waals surface area contributed by atoms with E-state index in [0.29, 0.717) is 11.8 Å². The van der Waals surface area contributed by atoms with Crippen molar-refractivity contribution in [1.82, 2.24) is 0 Å². The third-order valence-corrected chi connectivity index (χ3v) is 24.0. The molecular formula is C103H88BN3. The minimum absolute atomic E-state index is 0.200. The summed E-state index contributed by atoms with van der Waals surface area (Å²) in [6.45, 7) is 2.00. The molecule has 107 heavy (non-hydrogen) atoms. The Labute approximate surface area is 633 Å². The summed E-state index contributed by atoms with van der Waals surface area (Å²) >= 11 is 0. The van der Waals surface area contributed by atoms with Crippen molar-refractivity contribution in [3.05, 3.63) is 401 Å². The van der Waals surface area contributed by atoms with Crippen molar-refractivity contribution < 1.29 is 0 Å². The highest BCUT2D eigenvalue weighted by molar-refractivity contribution is 7.00. The molecule has 0 bridgehead atoms. The van der Waals surface area contributed by atoms with Crippen LogP contribution in [0.15, 0.2) is 379 Å². The van der Waals surface area contributed by atoms with E-state index in [1.807, 2.05) is 0 Å². The molecule has 10 aromatic rings. The molecule has 518 valence electrons. The van der Waals surface area contributed by atoms with Crippen molar-refractivity contribution in [1.29, 1.82) is 0 Å². The van der Waals surface area contributed by atoms with E-state index in [9.17, 15) is 0 Å². The summed E-state index contributed by atoms with van der Waals surface area (Å²) in [5, 5.41) is 0. The van der Waals surface area contributed by atoms with Crippen LogP contribution < -0.4 is 31.1 Å². The fourth-order valence-electron chi connectivity index (χ4n) is 18.8. The number of hydrogen-bond donors (Lipinski definition) is 0. The molecular weight excluding hydrogens is 1290 g/mol. The minimum Gasteiger partial charge on any atom is -0.311 e. The molecule has 3 nitrogen and oxygen atoms in total. The zero-order chi connectivity index (χ0) is 71.2. The Hall–Kier alpha value is -11.7. The van der Waals surface area contributed by atoms with Crippen molar-refractivity contribution in [2.75, 3.05) is 14.7 Å². The van der Waals surface area contributed by atoms with Crippen LogP contribution in [0.4, 0.5) is 45.5 Å². The van der Waals surface area contributed by atoms with Crippen LogP contribution in [-0.4, -0.2) is 6.71 Å². The summed E-state index contributed by atoms with van der Waals surface area (Å²) < 4.78 is 0. The second-order valence-electron chi connectivity index (χ2n) is 30.5. The molecule has 19 rings (SSSR count). The van der Waals surface area contributed by atoms with Crippen LogP contribution in [0.5, 0.6) is 0 Å². The zero-order valence-electron chi connectivity index (χ0n) is 61.2. The van der Waals surface area contributed by atoms with Gasteiger partial charge in [0.15, 0.2) is 0 Å². The highest BCUT2D eigenvalue weighted by Crippen LogP contribution is 2.55. The third-order valence-electron chi connectivity index (χ3n) is 24.0. The average Bonchev–Trinajstić information content (AvgIpc) is 0.687. The van der Waals surface area contributed by atoms with E-state index in [0.717, 1.165) is 101 Å². The van der Waals surface area contributed by atoms with Crippen LogP contribution in [0.1, 0.15) is 112 Å². The summed E-state index contributed by atoms with van der Waals surface area (Å²) in [6.07, 6.45) is 54.5. The lowest BCUT2D eigenvalue weighted by molar-refractivity contribution is 0.469. The molecule has 3 atom stereocenters. The van der Waals surface area contributed by atoms with E-state index in [1.54, 1.807) is 0 Å². The van der Waals surface area contributed by atoms with Gasteiger partial charge in [0.1, 0.15) is 0 Å². The molecule has 0 saturated heterocycles. The number of allylic oxidation sites excluding steroid dienone is 25. The van der Waals surface area contributed by atoms with Gasteiger partial charge in [-0.05, 0) is 269 Å². The van der Waals surface area contributed by atoms with Crippen molar-refractivity contribution in [3.8, 4) is 33.4 Å². The topological polar surface area (TPSA) is 9.72 Å². The maximum absolute atomic E-state index is 2.84. The molecule has 0 amide bonds. The number of benzene rings is 10. The van der Waals surface area contributed by atoms with E-state index < -0.39 is 0 Å². The monoisotopic (exact) mass is 1380 g/mol. The van der Waals surface area contributed by atoms with Crippen LogP contribution >= 0.6 is 0 Å². The van der Waals surface area contributed by atoms with Crippen LogP contribution in [0.3, 0.4) is 0 Å². The van der Waals surface area contributed by atoms with Gasteiger partial charge in [0.2, 0.25) is 0 Å². The molecule has 4 heteroatoms.